The standard InChI is InChI=1S/C26H21F3N4O3/c1-2-11-30-24(34)18-5-3-16(4-6-18)19-12-20(25(35)36)14-22(13-19)33-15-23(31-32-33)17-7-9-21(10-8-17)26(27,28)29/h3-10,12-15H,2,11H2,1H3,(H,30,34)(H,35,36). The third-order valence-electron chi connectivity index (χ3n) is 5.45. The van der Waals surface area contributed by atoms with Crippen LogP contribution in [0, 0.1) is 0 Å². The van der Waals surface area contributed by atoms with E-state index in [2.05, 4.69) is 15.6 Å². The van der Waals surface area contributed by atoms with Crippen LogP contribution in [0.1, 0.15) is 39.6 Å². The second-order valence-electron chi connectivity index (χ2n) is 8.03. The molecule has 4 rings (SSSR count). The first kappa shape index (κ1) is 24.6. The zero-order valence-corrected chi connectivity index (χ0v) is 19.1. The van der Waals surface area contributed by atoms with E-state index in [-0.39, 0.29) is 11.5 Å². The molecule has 0 aliphatic carbocycles. The van der Waals surface area contributed by atoms with Crippen molar-refractivity contribution in [3.8, 4) is 28.1 Å². The first-order chi connectivity index (χ1) is 17.2. The van der Waals surface area contributed by atoms with Crippen LogP contribution in [-0.2, 0) is 6.18 Å². The van der Waals surface area contributed by atoms with Crippen LogP contribution in [0.3, 0.4) is 0 Å². The van der Waals surface area contributed by atoms with Crippen LogP contribution in [0.5, 0.6) is 0 Å². The summed E-state index contributed by atoms with van der Waals surface area (Å²) in [5, 5.41) is 20.5. The molecule has 184 valence electrons. The number of halogens is 3. The summed E-state index contributed by atoms with van der Waals surface area (Å²) in [6, 6.07) is 15.9. The van der Waals surface area contributed by atoms with Crippen LogP contribution in [0.15, 0.2) is 72.9 Å². The van der Waals surface area contributed by atoms with Gasteiger partial charge in [-0.3, -0.25) is 4.79 Å². The molecule has 0 spiro atoms. The second-order valence-corrected chi connectivity index (χ2v) is 8.03. The maximum Gasteiger partial charge on any atom is 0.416 e. The highest BCUT2D eigenvalue weighted by atomic mass is 19.4. The number of hydrogen-bond donors (Lipinski definition) is 2. The third kappa shape index (κ3) is 5.43. The summed E-state index contributed by atoms with van der Waals surface area (Å²) >= 11 is 0. The first-order valence-corrected chi connectivity index (χ1v) is 11.0. The van der Waals surface area contributed by atoms with E-state index in [0.717, 1.165) is 18.6 Å². The van der Waals surface area contributed by atoms with Crippen LogP contribution >= 0.6 is 0 Å². The van der Waals surface area contributed by atoms with Gasteiger partial charge in [0.2, 0.25) is 0 Å². The molecule has 7 nitrogen and oxygen atoms in total. The summed E-state index contributed by atoms with van der Waals surface area (Å²) in [7, 11) is 0. The molecule has 0 fully saturated rings. The summed E-state index contributed by atoms with van der Waals surface area (Å²) < 4.78 is 39.9. The van der Waals surface area contributed by atoms with E-state index in [1.807, 2.05) is 6.92 Å². The maximum atomic E-state index is 12.8. The predicted molar refractivity (Wildman–Crippen MR) is 127 cm³/mol. The lowest BCUT2D eigenvalue weighted by Gasteiger charge is -2.09. The van der Waals surface area contributed by atoms with Crippen molar-refractivity contribution in [2.24, 2.45) is 0 Å². The number of carbonyl (C=O) groups excluding carboxylic acids is 1. The summed E-state index contributed by atoms with van der Waals surface area (Å²) in [5.41, 5.74) is 2.16. The molecular weight excluding hydrogens is 473 g/mol. The number of carbonyl (C=O) groups is 2. The number of carboxylic acids is 1. The average molecular weight is 494 g/mol. The number of alkyl halides is 3. The number of hydrogen-bond acceptors (Lipinski definition) is 4. The van der Waals surface area contributed by atoms with E-state index >= 15 is 0 Å². The Morgan fingerprint density at radius 1 is 0.917 bits per heavy atom. The van der Waals surface area contributed by atoms with Crippen LogP contribution in [0.2, 0.25) is 0 Å². The number of nitrogens with one attached hydrogen (secondary N) is 1. The van der Waals surface area contributed by atoms with Crippen molar-refractivity contribution in [2.75, 3.05) is 6.54 Å². The quantitative estimate of drug-likeness (QED) is 0.356. The fourth-order valence-electron chi connectivity index (χ4n) is 3.54. The van der Waals surface area contributed by atoms with E-state index < -0.39 is 17.7 Å². The van der Waals surface area contributed by atoms with Gasteiger partial charge < -0.3 is 10.4 Å². The van der Waals surface area contributed by atoms with Crippen molar-refractivity contribution in [1.29, 1.82) is 0 Å². The summed E-state index contributed by atoms with van der Waals surface area (Å²) in [6.45, 7) is 2.52. The normalized spacial score (nSPS) is 11.3. The number of benzene rings is 3. The largest absolute Gasteiger partial charge is 0.478 e. The number of nitrogens with zero attached hydrogens (tertiary/aromatic N) is 3. The van der Waals surface area contributed by atoms with E-state index in [4.69, 9.17) is 0 Å². The van der Waals surface area contributed by atoms with Gasteiger partial charge >= 0.3 is 12.1 Å². The van der Waals surface area contributed by atoms with Crippen molar-refractivity contribution < 1.29 is 27.9 Å². The molecule has 0 saturated carbocycles. The lowest BCUT2D eigenvalue weighted by Crippen LogP contribution is -2.23. The molecule has 0 atom stereocenters. The van der Waals surface area contributed by atoms with Gasteiger partial charge in [0.05, 0.1) is 23.0 Å². The number of aromatic carboxylic acids is 1. The molecule has 0 aliphatic rings. The maximum absolute atomic E-state index is 12.8. The predicted octanol–water partition coefficient (Wildman–Crippen LogP) is 5.46. The molecule has 1 heterocycles. The number of carboxylic acid groups (broad SMARTS) is 1. The van der Waals surface area contributed by atoms with Gasteiger partial charge in [-0.1, -0.05) is 36.4 Å². The molecule has 0 bridgehead atoms. The molecule has 0 unspecified atom stereocenters. The van der Waals surface area contributed by atoms with E-state index in [0.29, 0.717) is 40.2 Å². The smallest absolute Gasteiger partial charge is 0.416 e. The second kappa shape index (κ2) is 10.0. The van der Waals surface area contributed by atoms with Gasteiger partial charge in [-0.05, 0) is 60.0 Å². The van der Waals surface area contributed by atoms with Gasteiger partial charge in [-0.2, -0.15) is 13.2 Å². The first-order valence-electron chi connectivity index (χ1n) is 11.0. The highest BCUT2D eigenvalue weighted by Crippen LogP contribution is 2.31. The molecule has 36 heavy (non-hydrogen) atoms. The van der Waals surface area contributed by atoms with Crippen molar-refractivity contribution >= 4 is 11.9 Å². The fourth-order valence-corrected chi connectivity index (χ4v) is 3.54. The number of aromatic nitrogens is 3. The van der Waals surface area contributed by atoms with Crippen LogP contribution in [-0.4, -0.2) is 38.5 Å². The zero-order chi connectivity index (χ0) is 25.9. The van der Waals surface area contributed by atoms with E-state index in [1.54, 1.807) is 30.3 Å². The van der Waals surface area contributed by atoms with E-state index in [1.165, 1.54) is 35.1 Å². The number of amides is 1. The Labute approximate surface area is 204 Å². The Balaban J connectivity index is 1.65. The Morgan fingerprint density at radius 3 is 2.19 bits per heavy atom. The average Bonchev–Trinajstić information content (AvgIpc) is 3.37. The van der Waals surface area contributed by atoms with Gasteiger partial charge in [0, 0.05) is 17.7 Å². The third-order valence-corrected chi connectivity index (χ3v) is 5.45. The number of rotatable bonds is 7. The minimum atomic E-state index is -4.44. The van der Waals surface area contributed by atoms with Gasteiger partial charge in [0.25, 0.3) is 5.91 Å². The fraction of sp³-hybridized carbons (Fsp3) is 0.154. The topological polar surface area (TPSA) is 97.1 Å². The highest BCUT2D eigenvalue weighted by Gasteiger charge is 2.30. The molecule has 10 heteroatoms. The van der Waals surface area contributed by atoms with Gasteiger partial charge in [-0.15, -0.1) is 5.10 Å². The van der Waals surface area contributed by atoms with Crippen LogP contribution < -0.4 is 5.32 Å². The molecule has 0 saturated heterocycles. The molecule has 2 N–H and O–H groups in total. The Bertz CT molecular complexity index is 1400. The summed E-state index contributed by atoms with van der Waals surface area (Å²) in [4.78, 5) is 23.9. The molecule has 1 amide bonds. The lowest BCUT2D eigenvalue weighted by atomic mass is 10.0. The lowest BCUT2D eigenvalue weighted by molar-refractivity contribution is -0.137. The van der Waals surface area contributed by atoms with Crippen LogP contribution in [0.4, 0.5) is 13.2 Å². The van der Waals surface area contributed by atoms with Crippen molar-refractivity contribution in [3.05, 3.63) is 89.6 Å². The Hall–Kier alpha value is -4.47. The molecule has 4 aromatic rings. The van der Waals surface area contributed by atoms with Gasteiger partial charge in [0.1, 0.15) is 5.69 Å². The minimum absolute atomic E-state index is 0.0128. The zero-order valence-electron chi connectivity index (χ0n) is 19.1. The Kier molecular flexibility index (Phi) is 6.86. The molecule has 0 radical (unpaired) electrons. The molecular formula is C26H21F3N4O3. The Morgan fingerprint density at radius 2 is 1.58 bits per heavy atom. The van der Waals surface area contributed by atoms with Gasteiger partial charge in [0.15, 0.2) is 0 Å². The van der Waals surface area contributed by atoms with Crippen molar-refractivity contribution in [3.63, 3.8) is 0 Å². The van der Waals surface area contributed by atoms with Crippen molar-refractivity contribution in [2.45, 2.75) is 19.5 Å². The van der Waals surface area contributed by atoms with E-state index in [9.17, 15) is 27.9 Å². The van der Waals surface area contributed by atoms with Crippen LogP contribution in [0.25, 0.3) is 28.1 Å². The van der Waals surface area contributed by atoms with Gasteiger partial charge in [-0.25, -0.2) is 9.48 Å². The highest BCUT2D eigenvalue weighted by molar-refractivity contribution is 5.95. The molecule has 3 aromatic carbocycles. The SMILES string of the molecule is CCCNC(=O)c1ccc(-c2cc(C(=O)O)cc(-n3cc(-c4ccc(C(F)(F)F)cc4)nn3)c2)cc1. The molecule has 0 aliphatic heterocycles. The molecule has 1 aromatic heterocycles. The minimum Gasteiger partial charge on any atom is -0.478 e. The monoisotopic (exact) mass is 494 g/mol. The summed E-state index contributed by atoms with van der Waals surface area (Å²) in [6.07, 6.45) is -2.12. The summed E-state index contributed by atoms with van der Waals surface area (Å²) in [5.74, 6) is -1.33. The van der Waals surface area contributed by atoms with Crippen molar-refractivity contribution in [1.82, 2.24) is 20.3 Å².